The third-order valence-corrected chi connectivity index (χ3v) is 6.74. The van der Waals surface area contributed by atoms with Gasteiger partial charge in [-0.3, -0.25) is 4.79 Å². The Kier molecular flexibility index (Phi) is 6.45. The number of nitrogens with zero attached hydrogens (tertiary/aromatic N) is 2. The van der Waals surface area contributed by atoms with Gasteiger partial charge in [0.2, 0.25) is 15.9 Å². The molecule has 3 rings (SSSR count). The summed E-state index contributed by atoms with van der Waals surface area (Å²) in [4.78, 5) is 14.2. The molecular weight excluding hydrogens is 352 g/mol. The van der Waals surface area contributed by atoms with Gasteiger partial charge < -0.3 is 9.64 Å². The zero-order valence-electron chi connectivity index (χ0n) is 15.0. The predicted molar refractivity (Wildman–Crippen MR) is 100 cm³/mol. The first-order valence-electron chi connectivity index (χ1n) is 9.22. The maximum absolute atomic E-state index is 12.8. The lowest BCUT2D eigenvalue weighted by molar-refractivity contribution is -0.129. The summed E-state index contributed by atoms with van der Waals surface area (Å²) in [6.45, 7) is 3.55. The molecule has 0 saturated carbocycles. The monoisotopic (exact) mass is 378 g/mol. The van der Waals surface area contributed by atoms with Crippen LogP contribution in [0.15, 0.2) is 35.2 Å². The molecule has 0 spiro atoms. The molecule has 2 saturated heterocycles. The minimum atomic E-state index is -3.43. The number of carbonyl (C=O) groups excluding carboxylic acids is 1. The van der Waals surface area contributed by atoms with Gasteiger partial charge in [-0.15, -0.1) is 0 Å². The Hall–Kier alpha value is -1.70. The van der Waals surface area contributed by atoms with Crippen molar-refractivity contribution in [3.63, 3.8) is 0 Å². The van der Waals surface area contributed by atoms with Crippen LogP contribution in [0.25, 0.3) is 6.08 Å². The fourth-order valence-electron chi connectivity index (χ4n) is 3.24. The Balaban J connectivity index is 1.65. The molecule has 0 aliphatic carbocycles. The van der Waals surface area contributed by atoms with Crippen molar-refractivity contribution < 1.29 is 17.9 Å². The van der Waals surface area contributed by atoms with E-state index in [1.807, 2.05) is 0 Å². The molecule has 0 aromatic heterocycles. The van der Waals surface area contributed by atoms with Crippen molar-refractivity contribution in [3.8, 4) is 0 Å². The van der Waals surface area contributed by atoms with E-state index in [4.69, 9.17) is 4.74 Å². The summed E-state index contributed by atoms with van der Waals surface area (Å²) in [6, 6.07) is 6.74. The number of amides is 1. The van der Waals surface area contributed by atoms with Gasteiger partial charge in [-0.25, -0.2) is 8.42 Å². The predicted octanol–water partition coefficient (Wildman–Crippen LogP) is 2.12. The zero-order chi connectivity index (χ0) is 18.4. The van der Waals surface area contributed by atoms with Crippen molar-refractivity contribution in [2.24, 2.45) is 0 Å². The van der Waals surface area contributed by atoms with Crippen LogP contribution in [0.4, 0.5) is 0 Å². The third kappa shape index (κ3) is 4.72. The molecule has 1 aromatic carbocycles. The molecule has 0 bridgehead atoms. The van der Waals surface area contributed by atoms with Gasteiger partial charge in [-0.1, -0.05) is 25.0 Å². The van der Waals surface area contributed by atoms with E-state index in [0.29, 0.717) is 44.3 Å². The normalized spacial score (nSPS) is 20.2. The zero-order valence-corrected chi connectivity index (χ0v) is 15.8. The minimum Gasteiger partial charge on any atom is -0.378 e. The number of carbonyl (C=O) groups is 1. The molecule has 0 N–H and O–H groups in total. The minimum absolute atomic E-state index is 0.0467. The summed E-state index contributed by atoms with van der Waals surface area (Å²) in [5.74, 6) is -0.0467. The maximum atomic E-state index is 12.8. The van der Waals surface area contributed by atoms with Gasteiger partial charge in [-0.05, 0) is 36.6 Å². The van der Waals surface area contributed by atoms with Crippen LogP contribution in [0.1, 0.15) is 31.2 Å². The van der Waals surface area contributed by atoms with Crippen molar-refractivity contribution in [2.75, 3.05) is 39.4 Å². The fraction of sp³-hybridized carbons (Fsp3) is 0.526. The van der Waals surface area contributed by atoms with Gasteiger partial charge in [-0.2, -0.15) is 4.31 Å². The third-order valence-electron chi connectivity index (χ3n) is 4.82. The molecule has 26 heavy (non-hydrogen) atoms. The molecule has 2 heterocycles. The number of benzene rings is 1. The summed E-state index contributed by atoms with van der Waals surface area (Å²) < 4.78 is 32.3. The van der Waals surface area contributed by atoms with E-state index in [9.17, 15) is 13.2 Å². The van der Waals surface area contributed by atoms with Crippen molar-refractivity contribution in [1.29, 1.82) is 0 Å². The van der Waals surface area contributed by atoms with Crippen LogP contribution in [0, 0.1) is 0 Å². The van der Waals surface area contributed by atoms with Crippen molar-refractivity contribution >= 4 is 22.0 Å². The highest BCUT2D eigenvalue weighted by Gasteiger charge is 2.24. The van der Waals surface area contributed by atoms with E-state index >= 15 is 0 Å². The second kappa shape index (κ2) is 8.79. The van der Waals surface area contributed by atoms with Crippen LogP contribution in [0.3, 0.4) is 0 Å². The molecule has 2 aliphatic heterocycles. The second-order valence-corrected chi connectivity index (χ2v) is 8.60. The molecule has 2 fully saturated rings. The number of sulfonamides is 1. The van der Waals surface area contributed by atoms with Crippen molar-refractivity contribution in [3.05, 3.63) is 35.9 Å². The topological polar surface area (TPSA) is 66.9 Å². The lowest BCUT2D eigenvalue weighted by atomic mass is 10.2. The average Bonchev–Trinajstić information content (AvgIpc) is 2.97. The van der Waals surface area contributed by atoms with Crippen molar-refractivity contribution in [1.82, 2.24) is 9.21 Å². The van der Waals surface area contributed by atoms with Crippen LogP contribution < -0.4 is 0 Å². The lowest BCUT2D eigenvalue weighted by Crippen LogP contribution is -2.39. The highest BCUT2D eigenvalue weighted by atomic mass is 32.2. The maximum Gasteiger partial charge on any atom is 0.246 e. The first kappa shape index (κ1) is 19.1. The first-order valence-corrected chi connectivity index (χ1v) is 10.7. The van der Waals surface area contributed by atoms with Crippen LogP contribution in [-0.4, -0.2) is 62.9 Å². The summed E-state index contributed by atoms with van der Waals surface area (Å²) >= 11 is 0. The standard InChI is InChI=1S/C19H26N2O4S/c22-19(20-13-15-25-16-14-20)10-7-17-5-8-18(9-6-17)26(23,24)21-11-3-1-2-4-12-21/h5-10H,1-4,11-16H2. The molecule has 1 aromatic rings. The van der Waals surface area contributed by atoms with E-state index in [-0.39, 0.29) is 5.91 Å². The molecule has 7 heteroatoms. The highest BCUT2D eigenvalue weighted by Crippen LogP contribution is 2.21. The summed E-state index contributed by atoms with van der Waals surface area (Å²) in [5.41, 5.74) is 0.807. The second-order valence-electron chi connectivity index (χ2n) is 6.66. The molecule has 6 nitrogen and oxygen atoms in total. The summed E-state index contributed by atoms with van der Waals surface area (Å²) in [7, 11) is -3.43. The number of rotatable bonds is 4. The summed E-state index contributed by atoms with van der Waals surface area (Å²) in [5, 5.41) is 0. The average molecular weight is 378 g/mol. The van der Waals surface area contributed by atoms with Crippen molar-refractivity contribution in [2.45, 2.75) is 30.6 Å². The Labute approximate surface area is 155 Å². The van der Waals surface area contributed by atoms with Gasteiger partial charge in [0.25, 0.3) is 0 Å². The number of hydrogen-bond donors (Lipinski definition) is 0. The largest absolute Gasteiger partial charge is 0.378 e. The lowest BCUT2D eigenvalue weighted by Gasteiger charge is -2.25. The van der Waals surface area contributed by atoms with E-state index in [1.165, 1.54) is 6.08 Å². The Bertz CT molecular complexity index is 729. The SMILES string of the molecule is O=C(C=Cc1ccc(S(=O)(=O)N2CCCCCC2)cc1)N1CCOCC1. The van der Waals surface area contributed by atoms with Crippen LogP contribution in [0.5, 0.6) is 0 Å². The van der Waals surface area contributed by atoms with E-state index < -0.39 is 10.0 Å². The van der Waals surface area contributed by atoms with Gasteiger partial charge in [0.05, 0.1) is 18.1 Å². The molecule has 0 radical (unpaired) electrons. The number of hydrogen-bond acceptors (Lipinski definition) is 4. The Morgan fingerprint density at radius 3 is 2.15 bits per heavy atom. The summed E-state index contributed by atoms with van der Waals surface area (Å²) in [6.07, 6.45) is 7.27. The fourth-order valence-corrected chi connectivity index (χ4v) is 4.76. The molecular formula is C19H26N2O4S. The number of morpholine rings is 1. The van der Waals surface area contributed by atoms with E-state index in [0.717, 1.165) is 31.2 Å². The van der Waals surface area contributed by atoms with E-state index in [2.05, 4.69) is 0 Å². The van der Waals surface area contributed by atoms with E-state index in [1.54, 1.807) is 39.5 Å². The van der Waals surface area contributed by atoms with Crippen LogP contribution in [0.2, 0.25) is 0 Å². The quantitative estimate of drug-likeness (QED) is 0.753. The van der Waals surface area contributed by atoms with Gasteiger partial charge in [0.15, 0.2) is 0 Å². The molecule has 142 valence electrons. The molecule has 0 atom stereocenters. The molecule has 2 aliphatic rings. The number of ether oxygens (including phenoxy) is 1. The van der Waals surface area contributed by atoms with Crippen LogP contribution in [-0.2, 0) is 19.6 Å². The van der Waals surface area contributed by atoms with Gasteiger partial charge in [0, 0.05) is 32.3 Å². The highest BCUT2D eigenvalue weighted by molar-refractivity contribution is 7.89. The van der Waals surface area contributed by atoms with Crippen LogP contribution >= 0.6 is 0 Å². The van der Waals surface area contributed by atoms with Gasteiger partial charge >= 0.3 is 0 Å². The smallest absolute Gasteiger partial charge is 0.246 e. The molecule has 1 amide bonds. The Morgan fingerprint density at radius 2 is 1.54 bits per heavy atom. The Morgan fingerprint density at radius 1 is 0.923 bits per heavy atom. The molecule has 0 unspecified atom stereocenters. The van der Waals surface area contributed by atoms with Gasteiger partial charge in [0.1, 0.15) is 0 Å². The first-order chi connectivity index (χ1) is 12.6.